The molecule has 0 heterocycles. The van der Waals surface area contributed by atoms with Crippen LogP contribution in [0.5, 0.6) is 5.75 Å². The standard InChI is InChI=1S/C12H15BrO3/c1-15-11-5-3-9(10(7-11)8-13)4-6-12(14)16-2/h3,5,7H,4,6,8H2,1-2H3. The van der Waals surface area contributed by atoms with Gasteiger partial charge in [-0.3, -0.25) is 4.79 Å². The van der Waals surface area contributed by atoms with Gasteiger partial charge in [0, 0.05) is 11.8 Å². The SMILES string of the molecule is COC(=O)CCc1ccc(OC)cc1CBr. The number of rotatable bonds is 5. The van der Waals surface area contributed by atoms with Crippen LogP contribution in [0.2, 0.25) is 0 Å². The lowest BCUT2D eigenvalue weighted by Crippen LogP contribution is -2.03. The molecule has 0 atom stereocenters. The van der Waals surface area contributed by atoms with Gasteiger partial charge < -0.3 is 9.47 Å². The molecule has 16 heavy (non-hydrogen) atoms. The highest BCUT2D eigenvalue weighted by atomic mass is 79.9. The summed E-state index contributed by atoms with van der Waals surface area (Å²) in [6.07, 6.45) is 1.10. The lowest BCUT2D eigenvalue weighted by Gasteiger charge is -2.08. The summed E-state index contributed by atoms with van der Waals surface area (Å²) in [5.41, 5.74) is 2.28. The lowest BCUT2D eigenvalue weighted by molar-refractivity contribution is -0.140. The molecular weight excluding hydrogens is 272 g/mol. The molecule has 0 bridgehead atoms. The lowest BCUT2D eigenvalue weighted by atomic mass is 10.0. The van der Waals surface area contributed by atoms with Crippen LogP contribution in [0.3, 0.4) is 0 Å². The molecule has 0 fully saturated rings. The maximum absolute atomic E-state index is 11.0. The highest BCUT2D eigenvalue weighted by molar-refractivity contribution is 9.08. The third-order valence-corrected chi connectivity index (χ3v) is 2.99. The van der Waals surface area contributed by atoms with E-state index in [9.17, 15) is 4.79 Å². The molecule has 0 saturated carbocycles. The molecule has 0 amide bonds. The van der Waals surface area contributed by atoms with E-state index in [0.29, 0.717) is 12.8 Å². The van der Waals surface area contributed by atoms with Crippen LogP contribution < -0.4 is 4.74 Å². The predicted octanol–water partition coefficient (Wildman–Crippen LogP) is 2.70. The van der Waals surface area contributed by atoms with Crippen molar-refractivity contribution in [2.24, 2.45) is 0 Å². The van der Waals surface area contributed by atoms with E-state index < -0.39 is 0 Å². The molecule has 1 aromatic rings. The fraction of sp³-hybridized carbons (Fsp3) is 0.417. The Kier molecular flexibility index (Phi) is 5.32. The van der Waals surface area contributed by atoms with E-state index >= 15 is 0 Å². The van der Waals surface area contributed by atoms with Gasteiger partial charge in [-0.25, -0.2) is 0 Å². The molecule has 0 radical (unpaired) electrons. The van der Waals surface area contributed by atoms with Crippen LogP contribution in [0.15, 0.2) is 18.2 Å². The van der Waals surface area contributed by atoms with Crippen molar-refractivity contribution in [2.45, 2.75) is 18.2 Å². The summed E-state index contributed by atoms with van der Waals surface area (Å²) in [6, 6.07) is 5.86. The second-order valence-corrected chi connectivity index (χ2v) is 3.91. The average molecular weight is 287 g/mol. The van der Waals surface area contributed by atoms with E-state index in [4.69, 9.17) is 4.74 Å². The van der Waals surface area contributed by atoms with Crippen molar-refractivity contribution >= 4 is 21.9 Å². The number of benzene rings is 1. The van der Waals surface area contributed by atoms with Gasteiger partial charge in [-0.1, -0.05) is 22.0 Å². The van der Waals surface area contributed by atoms with Crippen LogP contribution in [0, 0.1) is 0 Å². The zero-order valence-electron chi connectivity index (χ0n) is 9.46. The van der Waals surface area contributed by atoms with Gasteiger partial charge in [-0.05, 0) is 29.7 Å². The second kappa shape index (κ2) is 6.53. The smallest absolute Gasteiger partial charge is 0.305 e. The van der Waals surface area contributed by atoms with Crippen molar-refractivity contribution < 1.29 is 14.3 Å². The largest absolute Gasteiger partial charge is 0.497 e. The maximum atomic E-state index is 11.0. The molecule has 0 aliphatic heterocycles. The number of esters is 1. The maximum Gasteiger partial charge on any atom is 0.305 e. The Bertz CT molecular complexity index is 363. The van der Waals surface area contributed by atoms with Crippen LogP contribution in [0.1, 0.15) is 17.5 Å². The molecule has 3 nitrogen and oxygen atoms in total. The Morgan fingerprint density at radius 3 is 2.62 bits per heavy atom. The van der Waals surface area contributed by atoms with Gasteiger partial charge in [-0.2, -0.15) is 0 Å². The first-order valence-electron chi connectivity index (χ1n) is 4.99. The number of methoxy groups -OCH3 is 2. The zero-order chi connectivity index (χ0) is 12.0. The van der Waals surface area contributed by atoms with Crippen molar-refractivity contribution in [1.29, 1.82) is 0 Å². The van der Waals surface area contributed by atoms with Crippen LogP contribution >= 0.6 is 15.9 Å². The van der Waals surface area contributed by atoms with E-state index in [-0.39, 0.29) is 5.97 Å². The zero-order valence-corrected chi connectivity index (χ0v) is 11.0. The van der Waals surface area contributed by atoms with Crippen LogP contribution in [0.4, 0.5) is 0 Å². The van der Waals surface area contributed by atoms with E-state index in [1.54, 1.807) is 7.11 Å². The fourth-order valence-corrected chi connectivity index (χ4v) is 1.96. The van der Waals surface area contributed by atoms with E-state index in [0.717, 1.165) is 22.2 Å². The van der Waals surface area contributed by atoms with Crippen LogP contribution in [-0.2, 0) is 21.3 Å². The molecule has 0 unspecified atom stereocenters. The normalized spacial score (nSPS) is 9.94. The summed E-state index contributed by atoms with van der Waals surface area (Å²) in [6.45, 7) is 0. The van der Waals surface area contributed by atoms with Gasteiger partial charge in [0.25, 0.3) is 0 Å². The van der Waals surface area contributed by atoms with Crippen LogP contribution in [-0.4, -0.2) is 20.2 Å². The quantitative estimate of drug-likeness (QED) is 0.617. The highest BCUT2D eigenvalue weighted by Crippen LogP contribution is 2.21. The molecule has 88 valence electrons. The topological polar surface area (TPSA) is 35.5 Å². The first-order valence-corrected chi connectivity index (χ1v) is 6.12. The summed E-state index contributed by atoms with van der Waals surface area (Å²) in [7, 11) is 3.04. The van der Waals surface area contributed by atoms with E-state index in [1.807, 2.05) is 18.2 Å². The third-order valence-electron chi connectivity index (χ3n) is 2.38. The van der Waals surface area contributed by atoms with Gasteiger partial charge in [0.2, 0.25) is 0 Å². The van der Waals surface area contributed by atoms with E-state index in [2.05, 4.69) is 20.7 Å². The first kappa shape index (κ1) is 13.0. The molecule has 0 spiro atoms. The molecule has 0 N–H and O–H groups in total. The molecule has 1 rings (SSSR count). The Labute approximate surface area is 104 Å². The van der Waals surface area contributed by atoms with Crippen molar-refractivity contribution in [3.8, 4) is 5.75 Å². The number of hydrogen-bond donors (Lipinski definition) is 0. The predicted molar refractivity (Wildman–Crippen MR) is 66.0 cm³/mol. The van der Waals surface area contributed by atoms with Crippen molar-refractivity contribution in [3.05, 3.63) is 29.3 Å². The molecule has 0 saturated heterocycles. The van der Waals surface area contributed by atoms with Gasteiger partial charge in [0.05, 0.1) is 14.2 Å². The number of carbonyl (C=O) groups is 1. The molecule has 1 aromatic carbocycles. The summed E-state index contributed by atoms with van der Waals surface area (Å²) in [5, 5.41) is 0.751. The fourth-order valence-electron chi connectivity index (χ4n) is 1.44. The monoisotopic (exact) mass is 286 g/mol. The molecule has 4 heteroatoms. The minimum absolute atomic E-state index is 0.184. The average Bonchev–Trinajstić information content (AvgIpc) is 2.35. The summed E-state index contributed by atoms with van der Waals surface area (Å²) >= 11 is 3.42. The summed E-state index contributed by atoms with van der Waals surface area (Å²) in [4.78, 5) is 11.0. The molecule has 0 aliphatic carbocycles. The van der Waals surface area contributed by atoms with Gasteiger partial charge >= 0.3 is 5.97 Å². The Morgan fingerprint density at radius 1 is 1.31 bits per heavy atom. The third kappa shape index (κ3) is 3.52. The van der Waals surface area contributed by atoms with Gasteiger partial charge in [-0.15, -0.1) is 0 Å². The number of ether oxygens (including phenoxy) is 2. The van der Waals surface area contributed by atoms with Gasteiger partial charge in [0.1, 0.15) is 5.75 Å². The minimum atomic E-state index is -0.184. The highest BCUT2D eigenvalue weighted by Gasteiger charge is 2.06. The molecule has 0 aliphatic rings. The molecule has 0 aromatic heterocycles. The molecular formula is C12H15BrO3. The van der Waals surface area contributed by atoms with Crippen molar-refractivity contribution in [3.63, 3.8) is 0 Å². The minimum Gasteiger partial charge on any atom is -0.497 e. The summed E-state index contributed by atoms with van der Waals surface area (Å²) in [5.74, 6) is 0.646. The van der Waals surface area contributed by atoms with Crippen molar-refractivity contribution in [1.82, 2.24) is 0 Å². The number of halogens is 1. The number of carbonyl (C=O) groups excluding carboxylic acids is 1. The van der Waals surface area contributed by atoms with Crippen molar-refractivity contribution in [2.75, 3.05) is 14.2 Å². The van der Waals surface area contributed by atoms with E-state index in [1.165, 1.54) is 7.11 Å². The number of hydrogen-bond acceptors (Lipinski definition) is 3. The first-order chi connectivity index (χ1) is 7.71. The van der Waals surface area contributed by atoms with Gasteiger partial charge in [0.15, 0.2) is 0 Å². The Hall–Kier alpha value is -1.03. The van der Waals surface area contributed by atoms with Crippen LogP contribution in [0.25, 0.3) is 0 Å². The summed E-state index contributed by atoms with van der Waals surface area (Å²) < 4.78 is 9.76. The number of alkyl halides is 1. The number of aryl methyl sites for hydroxylation is 1. The Balaban J connectivity index is 2.75. The second-order valence-electron chi connectivity index (χ2n) is 3.34. The Morgan fingerprint density at radius 2 is 2.06 bits per heavy atom.